The minimum atomic E-state index is 0.211. The summed E-state index contributed by atoms with van der Waals surface area (Å²) in [4.78, 5) is 0. The van der Waals surface area contributed by atoms with Crippen molar-refractivity contribution in [2.75, 3.05) is 0 Å². The molecule has 186 valence electrons. The quantitative estimate of drug-likeness (QED) is 0.281. The molecule has 1 fully saturated rings. The summed E-state index contributed by atoms with van der Waals surface area (Å²) >= 11 is 0. The van der Waals surface area contributed by atoms with E-state index in [1.807, 2.05) is 0 Å². The molecule has 1 heteroatoms. The third-order valence-electron chi connectivity index (χ3n) is 8.16. The van der Waals surface area contributed by atoms with Gasteiger partial charge in [0.2, 0.25) is 0 Å². The normalized spacial score (nSPS) is 23.6. The SMILES string of the molecule is C=C1CCC(C)(CCCC(C)CCCC(C)CCCC(C)C)N/C1=C(C)/C(C)=C(/C)CC. The highest BCUT2D eigenvalue weighted by molar-refractivity contribution is 5.44. The van der Waals surface area contributed by atoms with Crippen LogP contribution in [0.2, 0.25) is 0 Å². The van der Waals surface area contributed by atoms with E-state index < -0.39 is 0 Å². The molecule has 1 rings (SSSR count). The van der Waals surface area contributed by atoms with Crippen molar-refractivity contribution in [1.29, 1.82) is 0 Å². The summed E-state index contributed by atoms with van der Waals surface area (Å²) in [6.45, 7) is 25.5. The number of rotatable bonds is 14. The lowest BCUT2D eigenvalue weighted by molar-refractivity contribution is 0.293. The molecule has 0 aliphatic carbocycles. The molecule has 1 N–H and O–H groups in total. The average molecular weight is 444 g/mol. The molecule has 0 spiro atoms. The smallest absolute Gasteiger partial charge is 0.0403 e. The highest BCUT2D eigenvalue weighted by Gasteiger charge is 2.30. The van der Waals surface area contributed by atoms with Crippen LogP contribution in [0.3, 0.4) is 0 Å². The first-order valence-electron chi connectivity index (χ1n) is 13.8. The molecule has 32 heavy (non-hydrogen) atoms. The van der Waals surface area contributed by atoms with Crippen molar-refractivity contribution in [3.63, 3.8) is 0 Å². The topological polar surface area (TPSA) is 12.0 Å². The largest absolute Gasteiger partial charge is 0.379 e. The third-order valence-corrected chi connectivity index (χ3v) is 8.16. The lowest BCUT2D eigenvalue weighted by atomic mass is 9.81. The van der Waals surface area contributed by atoms with Gasteiger partial charge in [-0.1, -0.05) is 98.1 Å². The van der Waals surface area contributed by atoms with Crippen molar-refractivity contribution in [1.82, 2.24) is 5.32 Å². The molecule has 0 aromatic rings. The zero-order chi connectivity index (χ0) is 24.3. The van der Waals surface area contributed by atoms with Gasteiger partial charge in [-0.2, -0.15) is 0 Å². The minimum absolute atomic E-state index is 0.211. The summed E-state index contributed by atoms with van der Waals surface area (Å²) in [5, 5.41) is 3.94. The van der Waals surface area contributed by atoms with Gasteiger partial charge in [-0.25, -0.2) is 0 Å². The number of piperidine rings is 1. The summed E-state index contributed by atoms with van der Waals surface area (Å²) in [5.41, 5.74) is 7.15. The van der Waals surface area contributed by atoms with Crippen molar-refractivity contribution >= 4 is 0 Å². The van der Waals surface area contributed by atoms with E-state index in [-0.39, 0.29) is 5.54 Å². The highest BCUT2D eigenvalue weighted by atomic mass is 15.0. The van der Waals surface area contributed by atoms with Crippen LogP contribution >= 0.6 is 0 Å². The van der Waals surface area contributed by atoms with E-state index in [1.54, 1.807) is 0 Å². The summed E-state index contributed by atoms with van der Waals surface area (Å²) in [5.74, 6) is 2.62. The maximum absolute atomic E-state index is 4.39. The molecule has 0 aromatic carbocycles. The van der Waals surface area contributed by atoms with Crippen molar-refractivity contribution in [3.05, 3.63) is 34.6 Å². The van der Waals surface area contributed by atoms with Crippen LogP contribution in [0.5, 0.6) is 0 Å². The Kier molecular flexibility index (Phi) is 13.0. The highest BCUT2D eigenvalue weighted by Crippen LogP contribution is 2.35. The van der Waals surface area contributed by atoms with Crippen LogP contribution in [0.25, 0.3) is 0 Å². The van der Waals surface area contributed by atoms with Gasteiger partial charge in [-0.05, 0) is 87.9 Å². The fraction of sp³-hybridized carbons (Fsp3) is 0.806. The van der Waals surface area contributed by atoms with E-state index in [9.17, 15) is 0 Å². The van der Waals surface area contributed by atoms with E-state index in [0.717, 1.165) is 30.6 Å². The maximum Gasteiger partial charge on any atom is 0.0403 e. The molecular formula is C31H57N. The summed E-state index contributed by atoms with van der Waals surface area (Å²) in [6, 6.07) is 0. The van der Waals surface area contributed by atoms with Gasteiger partial charge in [0, 0.05) is 11.2 Å². The molecule has 0 radical (unpaired) electrons. The van der Waals surface area contributed by atoms with E-state index in [4.69, 9.17) is 0 Å². The van der Waals surface area contributed by atoms with Gasteiger partial charge >= 0.3 is 0 Å². The van der Waals surface area contributed by atoms with Crippen molar-refractivity contribution in [2.24, 2.45) is 17.8 Å². The van der Waals surface area contributed by atoms with Crippen LogP contribution in [0.4, 0.5) is 0 Å². The Bertz CT molecular complexity index is 635. The van der Waals surface area contributed by atoms with Gasteiger partial charge in [0.05, 0.1) is 0 Å². The fourth-order valence-electron chi connectivity index (χ4n) is 5.14. The Labute approximate surface area is 202 Å². The number of allylic oxidation sites excluding steroid dienone is 4. The van der Waals surface area contributed by atoms with Crippen LogP contribution in [0.1, 0.15) is 139 Å². The van der Waals surface area contributed by atoms with Gasteiger partial charge in [0.15, 0.2) is 0 Å². The second-order valence-corrected chi connectivity index (χ2v) is 11.9. The molecule has 1 aliphatic heterocycles. The van der Waals surface area contributed by atoms with Gasteiger partial charge in [0.25, 0.3) is 0 Å². The van der Waals surface area contributed by atoms with E-state index in [2.05, 4.69) is 74.2 Å². The zero-order valence-corrected chi connectivity index (χ0v) is 23.4. The molecule has 0 saturated carbocycles. The number of hydrogen-bond acceptors (Lipinski definition) is 1. The first kappa shape index (κ1) is 29.1. The molecule has 3 unspecified atom stereocenters. The molecule has 1 saturated heterocycles. The van der Waals surface area contributed by atoms with Gasteiger partial charge in [0.1, 0.15) is 0 Å². The monoisotopic (exact) mass is 443 g/mol. The molecule has 1 aliphatic rings. The van der Waals surface area contributed by atoms with E-state index in [0.29, 0.717) is 0 Å². The van der Waals surface area contributed by atoms with E-state index >= 15 is 0 Å². The number of nitrogens with one attached hydrogen (secondary N) is 1. The lowest BCUT2D eigenvalue weighted by Crippen LogP contribution is -2.45. The summed E-state index contributed by atoms with van der Waals surface area (Å²) < 4.78 is 0. The molecule has 1 heterocycles. The fourth-order valence-corrected chi connectivity index (χ4v) is 5.14. The van der Waals surface area contributed by atoms with Crippen molar-refractivity contribution in [2.45, 2.75) is 145 Å². The molecular weight excluding hydrogens is 386 g/mol. The lowest BCUT2D eigenvalue weighted by Gasteiger charge is -2.40. The van der Waals surface area contributed by atoms with Crippen LogP contribution in [0, 0.1) is 17.8 Å². The van der Waals surface area contributed by atoms with Crippen LogP contribution < -0.4 is 5.32 Å². The van der Waals surface area contributed by atoms with Gasteiger partial charge < -0.3 is 5.32 Å². The predicted octanol–water partition coefficient (Wildman–Crippen LogP) is 10.1. The van der Waals surface area contributed by atoms with Crippen LogP contribution in [-0.2, 0) is 0 Å². The Morgan fingerprint density at radius 1 is 0.906 bits per heavy atom. The third kappa shape index (κ3) is 10.3. The van der Waals surface area contributed by atoms with Gasteiger partial charge in [-0.3, -0.25) is 0 Å². The first-order valence-corrected chi connectivity index (χ1v) is 13.8. The Morgan fingerprint density at radius 3 is 1.97 bits per heavy atom. The van der Waals surface area contributed by atoms with Crippen LogP contribution in [-0.4, -0.2) is 5.54 Å². The first-order chi connectivity index (χ1) is 15.0. The molecule has 0 amide bonds. The van der Waals surface area contributed by atoms with Crippen molar-refractivity contribution in [3.8, 4) is 0 Å². The molecule has 0 aromatic heterocycles. The Balaban J connectivity index is 2.45. The second kappa shape index (κ2) is 14.3. The molecule has 3 atom stereocenters. The number of hydrogen-bond donors (Lipinski definition) is 1. The predicted molar refractivity (Wildman–Crippen MR) is 146 cm³/mol. The zero-order valence-electron chi connectivity index (χ0n) is 23.4. The molecule has 0 bridgehead atoms. The average Bonchev–Trinajstić information content (AvgIpc) is 2.73. The Hall–Kier alpha value is -0.980. The minimum Gasteiger partial charge on any atom is -0.379 e. The van der Waals surface area contributed by atoms with Gasteiger partial charge in [-0.15, -0.1) is 0 Å². The van der Waals surface area contributed by atoms with Crippen LogP contribution in [0.15, 0.2) is 34.6 Å². The maximum atomic E-state index is 4.39. The van der Waals surface area contributed by atoms with Crippen molar-refractivity contribution < 1.29 is 0 Å². The molecule has 1 nitrogen and oxygen atoms in total. The second-order valence-electron chi connectivity index (χ2n) is 11.9. The summed E-state index contributed by atoms with van der Waals surface area (Å²) in [7, 11) is 0. The summed E-state index contributed by atoms with van der Waals surface area (Å²) in [6.07, 6.45) is 15.9. The standard InChI is InChI=1S/C31H57N/c1-11-26(6)28(8)29(9)30-27(7)20-22-31(10,32-30)21-14-19-25(5)18-13-17-24(4)16-12-15-23(2)3/h23-25,32H,7,11-22H2,1-6,8-10H3/b28-26-,30-29+. The Morgan fingerprint density at radius 2 is 1.44 bits per heavy atom. The van der Waals surface area contributed by atoms with E-state index in [1.165, 1.54) is 92.2 Å².